The summed E-state index contributed by atoms with van der Waals surface area (Å²) >= 11 is 0. The summed E-state index contributed by atoms with van der Waals surface area (Å²) < 4.78 is 0. The SMILES string of the molecule is Cc1ccc(CNC(=O)C(C)N2CCN(c3cnccn3)CC2)cc1. The van der Waals surface area contributed by atoms with Crippen molar-refractivity contribution in [2.75, 3.05) is 31.1 Å². The number of aromatic nitrogens is 2. The molecule has 1 saturated heterocycles. The van der Waals surface area contributed by atoms with Crippen LogP contribution in [-0.4, -0.2) is 53.0 Å². The molecule has 1 atom stereocenters. The molecule has 1 aromatic carbocycles. The van der Waals surface area contributed by atoms with E-state index >= 15 is 0 Å². The molecule has 0 saturated carbocycles. The standard InChI is InChI=1S/C19H25N5O/c1-15-3-5-17(6-4-15)13-22-19(25)16(2)23-9-11-24(12-10-23)18-14-20-7-8-21-18/h3-8,14,16H,9-13H2,1-2H3,(H,22,25). The number of hydrogen-bond donors (Lipinski definition) is 1. The Morgan fingerprint density at radius 1 is 1.16 bits per heavy atom. The van der Waals surface area contributed by atoms with Gasteiger partial charge in [-0.3, -0.25) is 14.7 Å². The molecule has 1 amide bonds. The predicted octanol–water partition coefficient (Wildman–Crippen LogP) is 1.61. The molecule has 3 rings (SSSR count). The lowest BCUT2D eigenvalue weighted by atomic mass is 10.1. The van der Waals surface area contributed by atoms with Gasteiger partial charge in [-0.1, -0.05) is 29.8 Å². The van der Waals surface area contributed by atoms with Crippen LogP contribution in [-0.2, 0) is 11.3 Å². The number of aryl methyl sites for hydroxylation is 1. The summed E-state index contributed by atoms with van der Waals surface area (Å²) in [6.45, 7) is 8.00. The number of anilines is 1. The minimum absolute atomic E-state index is 0.0773. The second-order valence-corrected chi connectivity index (χ2v) is 6.47. The molecule has 0 radical (unpaired) electrons. The number of amides is 1. The van der Waals surface area contributed by atoms with E-state index < -0.39 is 0 Å². The third kappa shape index (κ3) is 4.54. The van der Waals surface area contributed by atoms with Gasteiger partial charge >= 0.3 is 0 Å². The molecule has 6 heteroatoms. The molecule has 1 unspecified atom stereocenters. The summed E-state index contributed by atoms with van der Waals surface area (Å²) in [7, 11) is 0. The normalized spacial score (nSPS) is 16.5. The fourth-order valence-electron chi connectivity index (χ4n) is 3.00. The molecule has 0 bridgehead atoms. The fraction of sp³-hybridized carbons (Fsp3) is 0.421. The summed E-state index contributed by atoms with van der Waals surface area (Å²) in [5.41, 5.74) is 2.35. The fourth-order valence-corrected chi connectivity index (χ4v) is 3.00. The molecule has 6 nitrogen and oxygen atoms in total. The number of benzene rings is 1. The van der Waals surface area contributed by atoms with Crippen molar-refractivity contribution >= 4 is 11.7 Å². The van der Waals surface area contributed by atoms with Crippen molar-refractivity contribution in [1.82, 2.24) is 20.2 Å². The minimum atomic E-state index is -0.130. The molecule has 1 N–H and O–H groups in total. The van der Waals surface area contributed by atoms with Crippen molar-refractivity contribution in [3.8, 4) is 0 Å². The first kappa shape index (κ1) is 17.4. The monoisotopic (exact) mass is 339 g/mol. The van der Waals surface area contributed by atoms with Gasteiger partial charge < -0.3 is 10.2 Å². The van der Waals surface area contributed by atoms with E-state index in [1.165, 1.54) is 5.56 Å². The van der Waals surface area contributed by atoms with Gasteiger partial charge in [-0.15, -0.1) is 0 Å². The quantitative estimate of drug-likeness (QED) is 0.897. The lowest BCUT2D eigenvalue weighted by Gasteiger charge is -2.37. The minimum Gasteiger partial charge on any atom is -0.353 e. The van der Waals surface area contributed by atoms with E-state index in [9.17, 15) is 4.79 Å². The Hall–Kier alpha value is -2.47. The summed E-state index contributed by atoms with van der Waals surface area (Å²) in [5, 5.41) is 3.04. The van der Waals surface area contributed by atoms with Crippen LogP contribution < -0.4 is 10.2 Å². The van der Waals surface area contributed by atoms with Gasteiger partial charge in [-0.2, -0.15) is 0 Å². The van der Waals surface area contributed by atoms with Crippen molar-refractivity contribution in [1.29, 1.82) is 0 Å². The van der Waals surface area contributed by atoms with E-state index in [1.807, 2.05) is 6.92 Å². The van der Waals surface area contributed by atoms with Crippen LogP contribution in [0.2, 0.25) is 0 Å². The number of nitrogens with zero attached hydrogens (tertiary/aromatic N) is 4. The maximum Gasteiger partial charge on any atom is 0.237 e. The van der Waals surface area contributed by atoms with E-state index in [1.54, 1.807) is 18.6 Å². The van der Waals surface area contributed by atoms with Crippen molar-refractivity contribution in [3.05, 3.63) is 54.0 Å². The van der Waals surface area contributed by atoms with Gasteiger partial charge in [0.2, 0.25) is 5.91 Å². The predicted molar refractivity (Wildman–Crippen MR) is 98.3 cm³/mol. The maximum atomic E-state index is 12.4. The molecule has 1 aromatic heterocycles. The van der Waals surface area contributed by atoms with E-state index in [0.29, 0.717) is 6.54 Å². The molecule has 1 aliphatic heterocycles. The van der Waals surface area contributed by atoms with Gasteiger partial charge in [0, 0.05) is 45.1 Å². The summed E-state index contributed by atoms with van der Waals surface area (Å²) in [6, 6.07) is 8.11. The Kier molecular flexibility index (Phi) is 5.60. The molecule has 2 aromatic rings. The highest BCUT2D eigenvalue weighted by Gasteiger charge is 2.25. The topological polar surface area (TPSA) is 61.4 Å². The average Bonchev–Trinajstić information content (AvgIpc) is 2.67. The first-order valence-electron chi connectivity index (χ1n) is 8.72. The maximum absolute atomic E-state index is 12.4. The number of carbonyl (C=O) groups is 1. The zero-order valence-electron chi connectivity index (χ0n) is 14.9. The third-order valence-corrected chi connectivity index (χ3v) is 4.70. The van der Waals surface area contributed by atoms with Crippen LogP contribution in [0, 0.1) is 6.92 Å². The van der Waals surface area contributed by atoms with Gasteiger partial charge in [0.05, 0.1) is 12.2 Å². The molecule has 2 heterocycles. The van der Waals surface area contributed by atoms with E-state index in [-0.39, 0.29) is 11.9 Å². The average molecular weight is 339 g/mol. The van der Waals surface area contributed by atoms with Crippen LogP contribution in [0.1, 0.15) is 18.1 Å². The van der Waals surface area contributed by atoms with Crippen LogP contribution >= 0.6 is 0 Å². The molecular weight excluding hydrogens is 314 g/mol. The van der Waals surface area contributed by atoms with Gasteiger partial charge in [0.1, 0.15) is 5.82 Å². The van der Waals surface area contributed by atoms with Gasteiger partial charge in [0.25, 0.3) is 0 Å². The number of nitrogens with one attached hydrogen (secondary N) is 1. The van der Waals surface area contributed by atoms with Crippen LogP contribution in [0.4, 0.5) is 5.82 Å². The molecule has 132 valence electrons. The molecule has 1 aliphatic rings. The molecule has 25 heavy (non-hydrogen) atoms. The Balaban J connectivity index is 1.47. The molecule has 0 aliphatic carbocycles. The third-order valence-electron chi connectivity index (χ3n) is 4.70. The Labute approximate surface area is 148 Å². The van der Waals surface area contributed by atoms with Gasteiger partial charge in [-0.05, 0) is 19.4 Å². The van der Waals surface area contributed by atoms with Gasteiger partial charge in [-0.25, -0.2) is 4.98 Å². The first-order chi connectivity index (χ1) is 12.1. The molecular formula is C19H25N5O. The summed E-state index contributed by atoms with van der Waals surface area (Å²) in [4.78, 5) is 25.3. The highest BCUT2D eigenvalue weighted by molar-refractivity contribution is 5.81. The second-order valence-electron chi connectivity index (χ2n) is 6.47. The van der Waals surface area contributed by atoms with E-state index in [2.05, 4.69) is 56.3 Å². The van der Waals surface area contributed by atoms with E-state index in [4.69, 9.17) is 0 Å². The number of rotatable bonds is 5. The molecule has 1 fully saturated rings. The molecule has 0 spiro atoms. The lowest BCUT2D eigenvalue weighted by molar-refractivity contribution is -0.126. The number of carbonyl (C=O) groups excluding carboxylic acids is 1. The first-order valence-corrected chi connectivity index (χ1v) is 8.72. The van der Waals surface area contributed by atoms with E-state index in [0.717, 1.165) is 37.6 Å². The van der Waals surface area contributed by atoms with Crippen LogP contribution in [0.15, 0.2) is 42.9 Å². The number of hydrogen-bond acceptors (Lipinski definition) is 5. The lowest BCUT2D eigenvalue weighted by Crippen LogP contribution is -2.54. The van der Waals surface area contributed by atoms with Gasteiger partial charge in [0.15, 0.2) is 0 Å². The van der Waals surface area contributed by atoms with Crippen molar-refractivity contribution < 1.29 is 4.79 Å². The van der Waals surface area contributed by atoms with Crippen molar-refractivity contribution in [3.63, 3.8) is 0 Å². The zero-order chi connectivity index (χ0) is 17.6. The Morgan fingerprint density at radius 3 is 2.52 bits per heavy atom. The van der Waals surface area contributed by atoms with Crippen LogP contribution in [0.3, 0.4) is 0 Å². The highest BCUT2D eigenvalue weighted by atomic mass is 16.2. The second kappa shape index (κ2) is 8.07. The number of piperazine rings is 1. The highest BCUT2D eigenvalue weighted by Crippen LogP contribution is 2.13. The zero-order valence-corrected chi connectivity index (χ0v) is 14.9. The smallest absolute Gasteiger partial charge is 0.237 e. The van der Waals surface area contributed by atoms with Crippen LogP contribution in [0.25, 0.3) is 0 Å². The Bertz CT molecular complexity index is 681. The van der Waals surface area contributed by atoms with Crippen molar-refractivity contribution in [2.45, 2.75) is 26.4 Å². The Morgan fingerprint density at radius 2 is 1.88 bits per heavy atom. The summed E-state index contributed by atoms with van der Waals surface area (Å²) in [5.74, 6) is 0.979. The van der Waals surface area contributed by atoms with Crippen molar-refractivity contribution in [2.24, 2.45) is 0 Å². The summed E-state index contributed by atoms with van der Waals surface area (Å²) in [6.07, 6.45) is 5.18. The van der Waals surface area contributed by atoms with Crippen LogP contribution in [0.5, 0.6) is 0 Å². The largest absolute Gasteiger partial charge is 0.353 e.